The van der Waals surface area contributed by atoms with Crippen molar-refractivity contribution in [2.45, 2.75) is 25.4 Å². The lowest BCUT2D eigenvalue weighted by molar-refractivity contribution is 0.156. The number of aliphatic hydroxyl groups is 1. The molecule has 0 fully saturated rings. The third-order valence-corrected chi connectivity index (χ3v) is 3.64. The maximum Gasteiger partial charge on any atom is 0.131 e. The molecule has 92 valence electrons. The highest BCUT2D eigenvalue weighted by molar-refractivity contribution is 5.69. The first-order chi connectivity index (χ1) is 8.77. The number of hydrogen-bond donors (Lipinski definition) is 1. The molecule has 1 unspecified atom stereocenters. The van der Waals surface area contributed by atoms with Crippen LogP contribution < -0.4 is 0 Å². The molecule has 1 N–H and O–H groups in total. The molecule has 0 bridgehead atoms. The van der Waals surface area contributed by atoms with E-state index in [-0.39, 0.29) is 5.82 Å². The van der Waals surface area contributed by atoms with Gasteiger partial charge in [0.05, 0.1) is 6.10 Å². The molecule has 1 nitrogen and oxygen atoms in total. The van der Waals surface area contributed by atoms with Crippen LogP contribution in [0.1, 0.15) is 30.1 Å². The second-order valence-electron chi connectivity index (χ2n) is 4.76. The van der Waals surface area contributed by atoms with Gasteiger partial charge >= 0.3 is 0 Å². The molecule has 1 aliphatic carbocycles. The highest BCUT2D eigenvalue weighted by Crippen LogP contribution is 2.36. The molecule has 2 heteroatoms. The van der Waals surface area contributed by atoms with Gasteiger partial charge in [-0.3, -0.25) is 0 Å². The maximum atomic E-state index is 13.9. The van der Waals surface area contributed by atoms with E-state index in [1.165, 1.54) is 6.07 Å². The lowest BCUT2D eigenvalue weighted by Gasteiger charge is -2.24. The lowest BCUT2D eigenvalue weighted by Crippen LogP contribution is -2.10. The average Bonchev–Trinajstić information content (AvgIpc) is 2.40. The van der Waals surface area contributed by atoms with Gasteiger partial charge in [0.25, 0.3) is 0 Å². The molecule has 1 atom stereocenters. The molecule has 0 saturated heterocycles. The third kappa shape index (κ3) is 1.83. The summed E-state index contributed by atoms with van der Waals surface area (Å²) in [7, 11) is 0. The van der Waals surface area contributed by atoms with E-state index in [0.717, 1.165) is 36.0 Å². The first kappa shape index (κ1) is 11.4. The Hall–Kier alpha value is -1.67. The number of halogens is 1. The Kier molecular flexibility index (Phi) is 2.88. The van der Waals surface area contributed by atoms with Crippen LogP contribution in [0.4, 0.5) is 4.39 Å². The van der Waals surface area contributed by atoms with Crippen LogP contribution in [0, 0.1) is 5.82 Å². The van der Waals surface area contributed by atoms with E-state index < -0.39 is 6.10 Å². The van der Waals surface area contributed by atoms with Crippen molar-refractivity contribution >= 4 is 0 Å². The predicted molar refractivity (Wildman–Crippen MR) is 69.7 cm³/mol. The van der Waals surface area contributed by atoms with Crippen LogP contribution >= 0.6 is 0 Å². The van der Waals surface area contributed by atoms with Gasteiger partial charge in [0.1, 0.15) is 5.82 Å². The zero-order valence-electron chi connectivity index (χ0n) is 10.1. The van der Waals surface area contributed by atoms with E-state index in [2.05, 4.69) is 0 Å². The van der Waals surface area contributed by atoms with Crippen molar-refractivity contribution in [3.63, 3.8) is 0 Å². The SMILES string of the molecule is OC1CCCc2c(-c3ccccc3F)cccc21. The van der Waals surface area contributed by atoms with Gasteiger partial charge in [0, 0.05) is 5.56 Å². The monoisotopic (exact) mass is 242 g/mol. The van der Waals surface area contributed by atoms with E-state index in [4.69, 9.17) is 0 Å². The first-order valence-electron chi connectivity index (χ1n) is 6.32. The van der Waals surface area contributed by atoms with Crippen LogP contribution in [-0.4, -0.2) is 5.11 Å². The molecule has 2 aromatic carbocycles. The minimum atomic E-state index is -0.402. The van der Waals surface area contributed by atoms with Gasteiger partial charge in [0.15, 0.2) is 0 Å². The van der Waals surface area contributed by atoms with Gasteiger partial charge in [-0.05, 0) is 42.0 Å². The van der Waals surface area contributed by atoms with Crippen LogP contribution in [0.25, 0.3) is 11.1 Å². The zero-order valence-corrected chi connectivity index (χ0v) is 10.1. The molecule has 2 aromatic rings. The second kappa shape index (κ2) is 4.54. The van der Waals surface area contributed by atoms with Gasteiger partial charge < -0.3 is 5.11 Å². The average molecular weight is 242 g/mol. The van der Waals surface area contributed by atoms with Crippen LogP contribution in [-0.2, 0) is 6.42 Å². The molecule has 3 rings (SSSR count). The van der Waals surface area contributed by atoms with Crippen molar-refractivity contribution in [3.05, 3.63) is 59.4 Å². The summed E-state index contributed by atoms with van der Waals surface area (Å²) in [6.07, 6.45) is 2.27. The van der Waals surface area contributed by atoms with Crippen molar-refractivity contribution in [1.82, 2.24) is 0 Å². The summed E-state index contributed by atoms with van der Waals surface area (Å²) in [6.45, 7) is 0. The van der Waals surface area contributed by atoms with E-state index in [1.807, 2.05) is 24.3 Å². The van der Waals surface area contributed by atoms with E-state index in [9.17, 15) is 9.50 Å². The fourth-order valence-corrected chi connectivity index (χ4v) is 2.76. The van der Waals surface area contributed by atoms with E-state index in [1.54, 1.807) is 12.1 Å². The third-order valence-electron chi connectivity index (χ3n) is 3.64. The Bertz CT molecular complexity index is 577. The van der Waals surface area contributed by atoms with Crippen molar-refractivity contribution < 1.29 is 9.50 Å². The van der Waals surface area contributed by atoms with E-state index in [0.29, 0.717) is 5.56 Å². The van der Waals surface area contributed by atoms with Crippen molar-refractivity contribution in [3.8, 4) is 11.1 Å². The number of hydrogen-bond acceptors (Lipinski definition) is 1. The van der Waals surface area contributed by atoms with E-state index >= 15 is 0 Å². The van der Waals surface area contributed by atoms with Crippen molar-refractivity contribution in [2.75, 3.05) is 0 Å². The Morgan fingerprint density at radius 1 is 1.00 bits per heavy atom. The fraction of sp³-hybridized carbons (Fsp3) is 0.250. The minimum Gasteiger partial charge on any atom is -0.388 e. The second-order valence-corrected chi connectivity index (χ2v) is 4.76. The quantitative estimate of drug-likeness (QED) is 0.805. The molecule has 0 saturated carbocycles. The summed E-state index contributed by atoms with van der Waals surface area (Å²) >= 11 is 0. The summed E-state index contributed by atoms with van der Waals surface area (Å²) in [6, 6.07) is 12.6. The number of aliphatic hydroxyl groups excluding tert-OH is 1. The Morgan fingerprint density at radius 2 is 1.78 bits per heavy atom. The molecule has 0 amide bonds. The maximum absolute atomic E-state index is 13.9. The van der Waals surface area contributed by atoms with Crippen LogP contribution in [0.5, 0.6) is 0 Å². The van der Waals surface area contributed by atoms with Crippen LogP contribution in [0.3, 0.4) is 0 Å². The van der Waals surface area contributed by atoms with Gasteiger partial charge in [0.2, 0.25) is 0 Å². The van der Waals surface area contributed by atoms with Crippen molar-refractivity contribution in [2.24, 2.45) is 0 Å². The van der Waals surface area contributed by atoms with Gasteiger partial charge in [-0.25, -0.2) is 4.39 Å². The smallest absolute Gasteiger partial charge is 0.131 e. The Balaban J connectivity index is 2.19. The summed E-state index contributed by atoms with van der Waals surface area (Å²) in [5.74, 6) is -0.203. The van der Waals surface area contributed by atoms with Crippen molar-refractivity contribution in [1.29, 1.82) is 0 Å². The van der Waals surface area contributed by atoms with Crippen LogP contribution in [0.2, 0.25) is 0 Å². The van der Waals surface area contributed by atoms with Gasteiger partial charge in [-0.2, -0.15) is 0 Å². The topological polar surface area (TPSA) is 20.2 Å². The number of fused-ring (bicyclic) bond motifs is 1. The molecule has 0 radical (unpaired) electrons. The predicted octanol–water partition coefficient (Wildman–Crippen LogP) is 3.86. The highest BCUT2D eigenvalue weighted by atomic mass is 19.1. The molecule has 1 aliphatic rings. The lowest BCUT2D eigenvalue weighted by atomic mass is 9.84. The highest BCUT2D eigenvalue weighted by Gasteiger charge is 2.21. The molecule has 0 aliphatic heterocycles. The Morgan fingerprint density at radius 3 is 2.61 bits per heavy atom. The summed E-state index contributed by atoms with van der Waals surface area (Å²) in [5.41, 5.74) is 3.61. The standard InChI is InChI=1S/C16H15FO/c17-15-9-2-1-5-13(15)11-6-3-8-14-12(11)7-4-10-16(14)18/h1-3,5-6,8-9,16,18H,4,7,10H2. The molecular formula is C16H15FO. The largest absolute Gasteiger partial charge is 0.388 e. The Labute approximate surface area is 106 Å². The van der Waals surface area contributed by atoms with Gasteiger partial charge in [-0.15, -0.1) is 0 Å². The summed E-state index contributed by atoms with van der Waals surface area (Å²) in [4.78, 5) is 0. The van der Waals surface area contributed by atoms with Gasteiger partial charge in [-0.1, -0.05) is 36.4 Å². The molecule has 18 heavy (non-hydrogen) atoms. The molecular weight excluding hydrogens is 227 g/mol. The zero-order chi connectivity index (χ0) is 12.5. The number of rotatable bonds is 1. The molecule has 0 spiro atoms. The molecule has 0 heterocycles. The minimum absolute atomic E-state index is 0.203. The first-order valence-corrected chi connectivity index (χ1v) is 6.32. The molecule has 0 aromatic heterocycles. The fourth-order valence-electron chi connectivity index (χ4n) is 2.76. The number of benzene rings is 2. The summed E-state index contributed by atoms with van der Waals surface area (Å²) in [5, 5.41) is 10.0. The van der Waals surface area contributed by atoms with Crippen LogP contribution in [0.15, 0.2) is 42.5 Å². The summed E-state index contributed by atoms with van der Waals surface area (Å²) < 4.78 is 13.9. The normalized spacial score (nSPS) is 18.4.